The van der Waals surface area contributed by atoms with Gasteiger partial charge in [0.25, 0.3) is 0 Å². The van der Waals surface area contributed by atoms with Crippen LogP contribution in [0.3, 0.4) is 0 Å². The van der Waals surface area contributed by atoms with Gasteiger partial charge >= 0.3 is 6.09 Å². The van der Waals surface area contributed by atoms with E-state index in [1.54, 1.807) is 17.0 Å². The fraction of sp³-hybridized carbons (Fsp3) is 0.391. The van der Waals surface area contributed by atoms with E-state index < -0.39 is 5.60 Å². The van der Waals surface area contributed by atoms with E-state index in [9.17, 15) is 9.59 Å². The Kier molecular flexibility index (Phi) is 5.12. The van der Waals surface area contributed by atoms with Crippen LogP contribution >= 0.6 is 23.2 Å². The van der Waals surface area contributed by atoms with Gasteiger partial charge in [-0.05, 0) is 50.5 Å². The van der Waals surface area contributed by atoms with Gasteiger partial charge in [0.1, 0.15) is 5.60 Å². The Morgan fingerprint density at radius 3 is 2.48 bits per heavy atom. The van der Waals surface area contributed by atoms with E-state index in [1.807, 2.05) is 45.0 Å². The number of hydrogen-bond acceptors (Lipinski definition) is 3. The minimum atomic E-state index is -0.546. The molecule has 1 amide bonds. The van der Waals surface area contributed by atoms with E-state index >= 15 is 0 Å². The van der Waals surface area contributed by atoms with E-state index in [-0.39, 0.29) is 23.7 Å². The van der Waals surface area contributed by atoms with Crippen molar-refractivity contribution in [3.8, 4) is 11.1 Å². The summed E-state index contributed by atoms with van der Waals surface area (Å²) in [5, 5.41) is 1.15. The number of piperidine rings is 1. The van der Waals surface area contributed by atoms with E-state index in [1.165, 1.54) is 0 Å². The van der Waals surface area contributed by atoms with Crippen LogP contribution in [-0.4, -0.2) is 35.5 Å². The van der Waals surface area contributed by atoms with Gasteiger partial charge in [-0.25, -0.2) is 4.79 Å². The minimum Gasteiger partial charge on any atom is -0.444 e. The summed E-state index contributed by atoms with van der Waals surface area (Å²) in [5.41, 5.74) is 3.00. The number of hydrogen-bond donors (Lipinski definition) is 0. The van der Waals surface area contributed by atoms with Gasteiger partial charge in [0, 0.05) is 46.1 Å². The topological polar surface area (TPSA) is 46.6 Å². The van der Waals surface area contributed by atoms with Crippen molar-refractivity contribution in [1.29, 1.82) is 0 Å². The van der Waals surface area contributed by atoms with Gasteiger partial charge in [-0.2, -0.15) is 0 Å². The lowest BCUT2D eigenvalue weighted by Crippen LogP contribution is -2.44. The van der Waals surface area contributed by atoms with Crippen molar-refractivity contribution >= 4 is 35.1 Å². The fourth-order valence-electron chi connectivity index (χ4n) is 4.26. The molecule has 1 aliphatic heterocycles. The van der Waals surface area contributed by atoms with Gasteiger partial charge < -0.3 is 9.64 Å². The Balaban J connectivity index is 1.65. The van der Waals surface area contributed by atoms with Crippen LogP contribution in [-0.2, 0) is 4.74 Å². The molecule has 2 aromatic carbocycles. The highest BCUT2D eigenvalue weighted by Crippen LogP contribution is 2.45. The van der Waals surface area contributed by atoms with E-state index in [4.69, 9.17) is 27.9 Å². The van der Waals surface area contributed by atoms with Crippen LogP contribution < -0.4 is 0 Å². The van der Waals surface area contributed by atoms with E-state index in [0.717, 1.165) is 22.3 Å². The molecule has 2 aromatic rings. The van der Waals surface area contributed by atoms with Crippen LogP contribution in [0.15, 0.2) is 36.4 Å². The molecule has 4 rings (SSSR count). The number of benzene rings is 2. The molecule has 1 heterocycles. The molecular weight excluding hydrogens is 409 g/mol. The first-order valence-electron chi connectivity index (χ1n) is 9.75. The molecule has 2 aliphatic rings. The molecule has 0 aromatic heterocycles. The second kappa shape index (κ2) is 7.33. The van der Waals surface area contributed by atoms with Crippen LogP contribution in [0.1, 0.15) is 49.0 Å². The molecule has 1 fully saturated rings. The first-order chi connectivity index (χ1) is 13.6. The Bertz CT molecular complexity index is 996. The van der Waals surface area contributed by atoms with Crippen molar-refractivity contribution < 1.29 is 14.3 Å². The predicted octanol–water partition coefficient (Wildman–Crippen LogP) is 6.20. The van der Waals surface area contributed by atoms with E-state index in [0.29, 0.717) is 29.6 Å². The number of ether oxygens (including phenoxy) is 1. The zero-order chi connectivity index (χ0) is 20.9. The van der Waals surface area contributed by atoms with Gasteiger partial charge in [-0.3, -0.25) is 4.79 Å². The average molecular weight is 432 g/mol. The SMILES string of the molecule is CC(C)(C)OC(=O)N1CC[C@H]2C(=O)c3ccc(-c4ccc(Cl)cc4Cl)cc3[C@H]2C1. The van der Waals surface area contributed by atoms with Crippen LogP contribution in [0.4, 0.5) is 4.79 Å². The Morgan fingerprint density at radius 1 is 1.07 bits per heavy atom. The average Bonchev–Trinajstić information content (AvgIpc) is 2.92. The summed E-state index contributed by atoms with van der Waals surface area (Å²) in [6.45, 7) is 6.58. The maximum absolute atomic E-state index is 12.9. The van der Waals surface area contributed by atoms with Gasteiger partial charge in [0.15, 0.2) is 5.78 Å². The number of Topliss-reactive ketones (excluding diaryl/α,β-unsaturated/α-hetero) is 1. The van der Waals surface area contributed by atoms with Gasteiger partial charge in [0.05, 0.1) is 0 Å². The van der Waals surface area contributed by atoms with Crippen LogP contribution in [0, 0.1) is 5.92 Å². The largest absolute Gasteiger partial charge is 0.444 e. The Hall–Kier alpha value is -2.04. The summed E-state index contributed by atoms with van der Waals surface area (Å²) in [4.78, 5) is 27.2. The molecule has 0 radical (unpaired) electrons. The van der Waals surface area contributed by atoms with Crippen molar-refractivity contribution in [2.24, 2.45) is 5.92 Å². The third kappa shape index (κ3) is 3.88. The molecule has 0 unspecified atom stereocenters. The molecular formula is C23H23Cl2NO3. The molecule has 29 heavy (non-hydrogen) atoms. The molecule has 6 heteroatoms. The Labute approximate surface area is 180 Å². The molecule has 4 nitrogen and oxygen atoms in total. The maximum Gasteiger partial charge on any atom is 0.410 e. The van der Waals surface area contributed by atoms with Crippen molar-refractivity contribution in [3.63, 3.8) is 0 Å². The predicted molar refractivity (Wildman–Crippen MR) is 115 cm³/mol. The second-order valence-corrected chi connectivity index (χ2v) is 9.56. The number of fused-ring (bicyclic) bond motifs is 3. The van der Waals surface area contributed by atoms with Crippen molar-refractivity contribution in [1.82, 2.24) is 4.90 Å². The number of carbonyl (C=O) groups is 2. The number of halogens is 2. The number of rotatable bonds is 1. The summed E-state index contributed by atoms with van der Waals surface area (Å²) < 4.78 is 5.53. The lowest BCUT2D eigenvalue weighted by Gasteiger charge is -2.35. The number of carbonyl (C=O) groups excluding carboxylic acids is 2. The summed E-state index contributed by atoms with van der Waals surface area (Å²) >= 11 is 12.4. The summed E-state index contributed by atoms with van der Waals surface area (Å²) in [7, 11) is 0. The minimum absolute atomic E-state index is 0.0233. The normalized spacial score (nSPS) is 21.0. The van der Waals surface area contributed by atoms with Crippen LogP contribution in [0.25, 0.3) is 11.1 Å². The third-order valence-corrected chi connectivity index (χ3v) is 6.11. The smallest absolute Gasteiger partial charge is 0.410 e. The molecule has 1 saturated heterocycles. The Morgan fingerprint density at radius 2 is 1.79 bits per heavy atom. The standard InChI is InChI=1S/C23H23Cl2NO3/c1-23(2,3)29-22(28)26-9-8-17-19(12-26)18-10-13(4-6-16(18)21(17)27)15-7-5-14(24)11-20(15)25/h4-7,10-11,17,19H,8-9,12H2,1-3H3/t17-,19+/m1/s1. The first-order valence-corrected chi connectivity index (χ1v) is 10.5. The molecule has 0 N–H and O–H groups in total. The van der Waals surface area contributed by atoms with Crippen LogP contribution in [0.2, 0.25) is 10.0 Å². The monoisotopic (exact) mass is 431 g/mol. The number of ketones is 1. The molecule has 2 atom stereocenters. The zero-order valence-corrected chi connectivity index (χ0v) is 18.2. The third-order valence-electron chi connectivity index (χ3n) is 5.56. The highest BCUT2D eigenvalue weighted by Gasteiger charge is 2.44. The lowest BCUT2D eigenvalue weighted by atomic mass is 9.85. The lowest BCUT2D eigenvalue weighted by molar-refractivity contribution is 0.0164. The number of amides is 1. The van der Waals surface area contributed by atoms with Crippen LogP contribution in [0.5, 0.6) is 0 Å². The van der Waals surface area contributed by atoms with Crippen molar-refractivity contribution in [2.75, 3.05) is 13.1 Å². The number of likely N-dealkylation sites (tertiary alicyclic amines) is 1. The summed E-state index contributed by atoms with van der Waals surface area (Å²) in [5.74, 6) is 0.0620. The second-order valence-electron chi connectivity index (χ2n) is 8.72. The maximum atomic E-state index is 12.9. The molecule has 152 valence electrons. The molecule has 0 saturated carbocycles. The quantitative estimate of drug-likeness (QED) is 0.539. The summed E-state index contributed by atoms with van der Waals surface area (Å²) in [6, 6.07) is 11.2. The zero-order valence-electron chi connectivity index (χ0n) is 16.7. The highest BCUT2D eigenvalue weighted by atomic mass is 35.5. The van der Waals surface area contributed by atoms with Crippen molar-refractivity contribution in [2.45, 2.75) is 38.7 Å². The highest BCUT2D eigenvalue weighted by molar-refractivity contribution is 6.36. The molecule has 0 spiro atoms. The fourth-order valence-corrected chi connectivity index (χ4v) is 4.78. The first kappa shape index (κ1) is 20.2. The number of nitrogens with zero attached hydrogens (tertiary/aromatic N) is 1. The molecule has 0 bridgehead atoms. The van der Waals surface area contributed by atoms with Gasteiger partial charge in [-0.15, -0.1) is 0 Å². The van der Waals surface area contributed by atoms with E-state index in [2.05, 4.69) is 0 Å². The van der Waals surface area contributed by atoms with Crippen molar-refractivity contribution in [3.05, 3.63) is 57.6 Å². The van der Waals surface area contributed by atoms with Gasteiger partial charge in [-0.1, -0.05) is 47.5 Å². The van der Waals surface area contributed by atoms with Gasteiger partial charge in [0.2, 0.25) is 0 Å². The molecule has 1 aliphatic carbocycles. The summed E-state index contributed by atoms with van der Waals surface area (Å²) in [6.07, 6.45) is 0.322.